The number of nitrogens with zero attached hydrogens (tertiary/aromatic N) is 2. The number of hydrogen-bond acceptors (Lipinski definition) is 5. The zero-order valence-corrected chi connectivity index (χ0v) is 13.6. The van der Waals surface area contributed by atoms with Crippen LogP contribution in [0.25, 0.3) is 0 Å². The molecule has 1 heterocycles. The minimum absolute atomic E-state index is 0.166. The van der Waals surface area contributed by atoms with Crippen molar-refractivity contribution >= 4 is 20.0 Å². The number of benzene rings is 1. The van der Waals surface area contributed by atoms with Crippen LogP contribution >= 0.6 is 0 Å². The molecule has 118 valence electrons. The van der Waals surface area contributed by atoms with E-state index in [0.717, 1.165) is 4.31 Å². The lowest BCUT2D eigenvalue weighted by molar-refractivity contribution is 0.359. The van der Waals surface area contributed by atoms with E-state index in [9.17, 15) is 16.8 Å². The number of nitrogens with one attached hydrogen (secondary N) is 1. The molecule has 1 N–H and O–H groups in total. The van der Waals surface area contributed by atoms with Gasteiger partial charge in [-0.25, -0.2) is 21.1 Å². The highest BCUT2D eigenvalue weighted by Gasteiger charge is 2.32. The Morgan fingerprint density at radius 2 is 1.52 bits per heavy atom. The van der Waals surface area contributed by atoms with E-state index in [1.165, 1.54) is 42.7 Å². The minimum Gasteiger partial charge on any atom is -0.314 e. The average Bonchev–Trinajstić information content (AvgIpc) is 2.48. The first-order chi connectivity index (χ1) is 9.78. The normalized spacial score (nSPS) is 18.0. The van der Waals surface area contributed by atoms with Gasteiger partial charge in [-0.1, -0.05) is 12.1 Å². The Hall–Kier alpha value is -1.00. The summed E-state index contributed by atoms with van der Waals surface area (Å²) in [7, 11) is -4.88. The van der Waals surface area contributed by atoms with E-state index in [0.29, 0.717) is 26.2 Å². The first kappa shape index (κ1) is 16.4. The van der Waals surface area contributed by atoms with Crippen molar-refractivity contribution in [3.63, 3.8) is 0 Å². The predicted molar refractivity (Wildman–Crippen MR) is 78.9 cm³/mol. The van der Waals surface area contributed by atoms with Crippen molar-refractivity contribution in [2.24, 2.45) is 0 Å². The summed E-state index contributed by atoms with van der Waals surface area (Å²) in [5, 5.41) is 3.07. The highest BCUT2D eigenvalue weighted by Crippen LogP contribution is 2.25. The van der Waals surface area contributed by atoms with Crippen molar-refractivity contribution in [1.82, 2.24) is 13.9 Å². The van der Waals surface area contributed by atoms with Crippen molar-refractivity contribution in [2.75, 3.05) is 40.3 Å². The first-order valence-corrected chi connectivity index (χ1v) is 9.38. The second-order valence-corrected chi connectivity index (χ2v) is 8.91. The third-order valence-electron chi connectivity index (χ3n) is 3.30. The number of piperazine rings is 1. The van der Waals surface area contributed by atoms with Crippen LogP contribution in [-0.2, 0) is 20.0 Å². The lowest BCUT2D eigenvalue weighted by atomic mass is 10.4. The Labute approximate surface area is 125 Å². The van der Waals surface area contributed by atoms with Crippen LogP contribution in [0.3, 0.4) is 0 Å². The number of sulfonamides is 2. The SMILES string of the molecule is CN(C)S(=O)(=O)c1ccccc1S(=O)(=O)N1CCNCC1. The molecular formula is C12H19N3O4S2. The quantitative estimate of drug-likeness (QED) is 0.805. The summed E-state index contributed by atoms with van der Waals surface area (Å²) < 4.78 is 52.3. The zero-order valence-electron chi connectivity index (χ0n) is 12.0. The maximum atomic E-state index is 12.7. The van der Waals surface area contributed by atoms with Crippen LogP contribution in [0.4, 0.5) is 0 Å². The average molecular weight is 333 g/mol. The molecule has 1 aromatic rings. The number of hydrogen-bond donors (Lipinski definition) is 1. The van der Waals surface area contributed by atoms with E-state index >= 15 is 0 Å². The molecule has 0 saturated carbocycles. The molecule has 0 spiro atoms. The largest absolute Gasteiger partial charge is 0.314 e. The fourth-order valence-electron chi connectivity index (χ4n) is 2.10. The molecule has 1 saturated heterocycles. The molecule has 0 atom stereocenters. The highest BCUT2D eigenvalue weighted by atomic mass is 32.2. The molecule has 0 radical (unpaired) electrons. The summed E-state index contributed by atoms with van der Waals surface area (Å²) in [6.07, 6.45) is 0. The van der Waals surface area contributed by atoms with E-state index in [2.05, 4.69) is 5.32 Å². The van der Waals surface area contributed by atoms with Crippen LogP contribution in [0.2, 0.25) is 0 Å². The van der Waals surface area contributed by atoms with Gasteiger partial charge in [0.15, 0.2) is 0 Å². The van der Waals surface area contributed by atoms with Gasteiger partial charge in [0, 0.05) is 40.3 Å². The van der Waals surface area contributed by atoms with Gasteiger partial charge in [0.05, 0.1) is 0 Å². The summed E-state index contributed by atoms with van der Waals surface area (Å²) in [5.41, 5.74) is 0. The molecule has 2 rings (SSSR count). The Kier molecular flexibility index (Phi) is 4.69. The summed E-state index contributed by atoms with van der Waals surface area (Å²) in [6.45, 7) is 1.78. The van der Waals surface area contributed by atoms with Gasteiger partial charge in [-0.05, 0) is 12.1 Å². The second-order valence-electron chi connectivity index (χ2n) is 4.89. The van der Waals surface area contributed by atoms with E-state index in [-0.39, 0.29) is 9.79 Å². The van der Waals surface area contributed by atoms with Gasteiger partial charge in [-0.3, -0.25) is 0 Å². The van der Waals surface area contributed by atoms with Crippen molar-refractivity contribution in [1.29, 1.82) is 0 Å². The van der Waals surface area contributed by atoms with E-state index in [1.54, 1.807) is 0 Å². The molecule has 1 fully saturated rings. The second kappa shape index (κ2) is 6.01. The maximum Gasteiger partial charge on any atom is 0.244 e. The fourth-order valence-corrected chi connectivity index (χ4v) is 5.21. The third-order valence-corrected chi connectivity index (χ3v) is 7.26. The standard InChI is InChI=1S/C12H19N3O4S2/c1-14(2)20(16,17)11-5-3-4-6-12(11)21(18,19)15-9-7-13-8-10-15/h3-6,13H,7-10H2,1-2H3. The highest BCUT2D eigenvalue weighted by molar-refractivity contribution is 7.92. The number of rotatable bonds is 4. The van der Waals surface area contributed by atoms with Crippen molar-refractivity contribution < 1.29 is 16.8 Å². The van der Waals surface area contributed by atoms with E-state index in [1.807, 2.05) is 0 Å². The van der Waals surface area contributed by atoms with E-state index in [4.69, 9.17) is 0 Å². The lowest BCUT2D eigenvalue weighted by Gasteiger charge is -2.27. The van der Waals surface area contributed by atoms with Gasteiger partial charge in [0.25, 0.3) is 0 Å². The topological polar surface area (TPSA) is 86.8 Å². The smallest absolute Gasteiger partial charge is 0.244 e. The van der Waals surface area contributed by atoms with Gasteiger partial charge >= 0.3 is 0 Å². The molecule has 1 aliphatic rings. The molecule has 1 aromatic carbocycles. The molecule has 0 aromatic heterocycles. The van der Waals surface area contributed by atoms with Crippen molar-refractivity contribution in [3.05, 3.63) is 24.3 Å². The molecule has 0 unspecified atom stereocenters. The van der Waals surface area contributed by atoms with Crippen LogP contribution < -0.4 is 5.32 Å². The van der Waals surface area contributed by atoms with Gasteiger partial charge in [-0.15, -0.1) is 0 Å². The van der Waals surface area contributed by atoms with Crippen LogP contribution in [0.5, 0.6) is 0 Å². The molecule has 0 aliphatic carbocycles. The predicted octanol–water partition coefficient (Wildman–Crippen LogP) is -0.469. The monoisotopic (exact) mass is 333 g/mol. The van der Waals surface area contributed by atoms with Gasteiger partial charge in [0.2, 0.25) is 20.0 Å². The Morgan fingerprint density at radius 1 is 1.00 bits per heavy atom. The van der Waals surface area contributed by atoms with Crippen molar-refractivity contribution in [2.45, 2.75) is 9.79 Å². The van der Waals surface area contributed by atoms with Gasteiger partial charge < -0.3 is 5.32 Å². The first-order valence-electron chi connectivity index (χ1n) is 6.50. The zero-order chi connectivity index (χ0) is 15.7. The molecule has 1 aliphatic heterocycles. The lowest BCUT2D eigenvalue weighted by Crippen LogP contribution is -2.46. The minimum atomic E-state index is -3.82. The fraction of sp³-hybridized carbons (Fsp3) is 0.500. The summed E-state index contributed by atoms with van der Waals surface area (Å²) in [5.74, 6) is 0. The Balaban J connectivity index is 2.55. The summed E-state index contributed by atoms with van der Waals surface area (Å²) in [6, 6.07) is 5.72. The third kappa shape index (κ3) is 3.11. The van der Waals surface area contributed by atoms with Crippen LogP contribution in [0.15, 0.2) is 34.1 Å². The van der Waals surface area contributed by atoms with Gasteiger partial charge in [0.1, 0.15) is 9.79 Å². The summed E-state index contributed by atoms with van der Waals surface area (Å²) in [4.78, 5) is -0.353. The Morgan fingerprint density at radius 3 is 2.05 bits per heavy atom. The van der Waals surface area contributed by atoms with Crippen molar-refractivity contribution in [3.8, 4) is 0 Å². The van der Waals surface area contributed by atoms with Gasteiger partial charge in [-0.2, -0.15) is 4.31 Å². The molecule has 0 amide bonds. The molecular weight excluding hydrogens is 314 g/mol. The van der Waals surface area contributed by atoms with E-state index < -0.39 is 20.0 Å². The Bertz CT molecular complexity index is 708. The molecule has 7 nitrogen and oxygen atoms in total. The van der Waals surface area contributed by atoms with Crippen LogP contribution in [-0.4, -0.2) is 65.7 Å². The molecule has 9 heteroatoms. The van der Waals surface area contributed by atoms with Crippen LogP contribution in [0, 0.1) is 0 Å². The summed E-state index contributed by atoms with van der Waals surface area (Å²) >= 11 is 0. The maximum absolute atomic E-state index is 12.7. The van der Waals surface area contributed by atoms with Crippen LogP contribution in [0.1, 0.15) is 0 Å². The molecule has 0 bridgehead atoms. The molecule has 21 heavy (non-hydrogen) atoms.